The number of sulfonamides is 1. The van der Waals surface area contributed by atoms with Gasteiger partial charge in [0.15, 0.2) is 11.5 Å². The summed E-state index contributed by atoms with van der Waals surface area (Å²) in [5.74, 6) is 1.17. The lowest BCUT2D eigenvalue weighted by Gasteiger charge is -2.23. The molecule has 0 amide bonds. The van der Waals surface area contributed by atoms with Crippen molar-refractivity contribution in [3.8, 4) is 11.5 Å². The van der Waals surface area contributed by atoms with Gasteiger partial charge in [0.1, 0.15) is 6.61 Å². The standard InChI is InChI=1S/C24H28N2O4S/c1-29-24-17-21(13-14-23(24)30-19-20-9-4-2-5-10-20)18-26(16-8-15-25)31(27,28)22-11-6-3-7-12-22/h2-7,9-14,17H,8,15-16,18-19,25H2,1H3. The van der Waals surface area contributed by atoms with Crippen LogP contribution in [0, 0.1) is 0 Å². The predicted octanol–water partition coefficient (Wildman–Crippen LogP) is 3.81. The maximum absolute atomic E-state index is 13.2. The van der Waals surface area contributed by atoms with Crippen LogP contribution in [0.5, 0.6) is 11.5 Å². The predicted molar refractivity (Wildman–Crippen MR) is 121 cm³/mol. The van der Waals surface area contributed by atoms with Crippen LogP contribution in [0.15, 0.2) is 83.8 Å². The number of rotatable bonds is 11. The average molecular weight is 441 g/mol. The third-order valence-corrected chi connectivity index (χ3v) is 6.68. The summed E-state index contributed by atoms with van der Waals surface area (Å²) in [6.45, 7) is 1.38. The van der Waals surface area contributed by atoms with E-state index in [0.717, 1.165) is 11.1 Å². The molecule has 164 valence electrons. The molecule has 3 rings (SSSR count). The van der Waals surface area contributed by atoms with Gasteiger partial charge in [-0.3, -0.25) is 0 Å². The van der Waals surface area contributed by atoms with E-state index in [4.69, 9.17) is 15.2 Å². The van der Waals surface area contributed by atoms with E-state index >= 15 is 0 Å². The first-order chi connectivity index (χ1) is 15.0. The number of hydrogen-bond acceptors (Lipinski definition) is 5. The Balaban J connectivity index is 1.79. The van der Waals surface area contributed by atoms with Gasteiger partial charge >= 0.3 is 0 Å². The van der Waals surface area contributed by atoms with Crippen molar-refractivity contribution < 1.29 is 17.9 Å². The summed E-state index contributed by atoms with van der Waals surface area (Å²) >= 11 is 0. The number of benzene rings is 3. The minimum absolute atomic E-state index is 0.215. The molecule has 0 spiro atoms. The second-order valence-corrected chi connectivity index (χ2v) is 8.99. The fourth-order valence-electron chi connectivity index (χ4n) is 3.16. The first-order valence-electron chi connectivity index (χ1n) is 10.1. The van der Waals surface area contributed by atoms with Gasteiger partial charge in [-0.25, -0.2) is 8.42 Å². The molecule has 0 atom stereocenters. The molecule has 0 bridgehead atoms. The van der Waals surface area contributed by atoms with E-state index < -0.39 is 10.0 Å². The second-order valence-electron chi connectivity index (χ2n) is 7.05. The molecule has 0 saturated heterocycles. The highest BCUT2D eigenvalue weighted by atomic mass is 32.2. The van der Waals surface area contributed by atoms with Crippen LogP contribution in [0.25, 0.3) is 0 Å². The highest BCUT2D eigenvalue weighted by molar-refractivity contribution is 7.89. The Morgan fingerprint density at radius 2 is 1.55 bits per heavy atom. The van der Waals surface area contributed by atoms with E-state index in [2.05, 4.69) is 0 Å². The van der Waals surface area contributed by atoms with Crippen LogP contribution in [-0.4, -0.2) is 32.9 Å². The van der Waals surface area contributed by atoms with Crippen LogP contribution in [0.4, 0.5) is 0 Å². The molecule has 3 aromatic carbocycles. The minimum Gasteiger partial charge on any atom is -0.493 e. The zero-order chi connectivity index (χ0) is 22.1. The summed E-state index contributed by atoms with van der Waals surface area (Å²) in [5, 5.41) is 0. The van der Waals surface area contributed by atoms with Crippen molar-refractivity contribution in [2.45, 2.75) is 24.5 Å². The summed E-state index contributed by atoms with van der Waals surface area (Å²) in [6.07, 6.45) is 0.571. The van der Waals surface area contributed by atoms with E-state index in [1.807, 2.05) is 48.5 Å². The molecule has 0 radical (unpaired) electrons. The van der Waals surface area contributed by atoms with Gasteiger partial charge in [-0.1, -0.05) is 54.6 Å². The van der Waals surface area contributed by atoms with Gasteiger partial charge in [-0.2, -0.15) is 4.31 Å². The first kappa shape index (κ1) is 22.8. The number of ether oxygens (including phenoxy) is 2. The third kappa shape index (κ3) is 6.07. The Morgan fingerprint density at radius 3 is 2.19 bits per heavy atom. The van der Waals surface area contributed by atoms with Gasteiger partial charge in [-0.15, -0.1) is 0 Å². The lowest BCUT2D eigenvalue weighted by molar-refractivity contribution is 0.284. The van der Waals surface area contributed by atoms with Crippen LogP contribution in [-0.2, 0) is 23.2 Å². The van der Waals surface area contributed by atoms with Crippen LogP contribution in [0.3, 0.4) is 0 Å². The Kier molecular flexibility index (Phi) is 8.06. The average Bonchev–Trinajstić information content (AvgIpc) is 2.81. The van der Waals surface area contributed by atoms with Crippen LogP contribution in [0.1, 0.15) is 17.5 Å². The maximum Gasteiger partial charge on any atom is 0.243 e. The highest BCUT2D eigenvalue weighted by Gasteiger charge is 2.24. The van der Waals surface area contributed by atoms with Crippen LogP contribution >= 0.6 is 0 Å². The molecular weight excluding hydrogens is 412 g/mol. The van der Waals surface area contributed by atoms with Crippen molar-refractivity contribution in [2.75, 3.05) is 20.2 Å². The summed E-state index contributed by atoms with van der Waals surface area (Å²) in [4.78, 5) is 0.266. The van der Waals surface area contributed by atoms with Crippen LogP contribution in [0.2, 0.25) is 0 Å². The van der Waals surface area contributed by atoms with Gasteiger partial charge in [-0.05, 0) is 48.4 Å². The summed E-state index contributed by atoms with van der Waals surface area (Å²) in [5.41, 5.74) is 7.50. The van der Waals surface area contributed by atoms with Gasteiger partial charge in [0.2, 0.25) is 10.0 Å². The van der Waals surface area contributed by atoms with E-state index in [1.54, 1.807) is 37.4 Å². The van der Waals surface area contributed by atoms with Gasteiger partial charge < -0.3 is 15.2 Å². The summed E-state index contributed by atoms with van der Waals surface area (Å²) in [6, 6.07) is 23.8. The lowest BCUT2D eigenvalue weighted by Crippen LogP contribution is -2.32. The van der Waals surface area contributed by atoms with Gasteiger partial charge in [0.05, 0.1) is 12.0 Å². The molecule has 2 N–H and O–H groups in total. The Morgan fingerprint density at radius 1 is 0.871 bits per heavy atom. The van der Waals surface area contributed by atoms with Gasteiger partial charge in [0.25, 0.3) is 0 Å². The summed E-state index contributed by atoms with van der Waals surface area (Å²) < 4.78 is 39.2. The highest BCUT2D eigenvalue weighted by Crippen LogP contribution is 2.30. The van der Waals surface area contributed by atoms with Crippen molar-refractivity contribution in [2.24, 2.45) is 5.73 Å². The number of nitrogens with zero attached hydrogens (tertiary/aromatic N) is 1. The monoisotopic (exact) mass is 440 g/mol. The van der Waals surface area contributed by atoms with E-state index in [-0.39, 0.29) is 11.4 Å². The molecule has 0 saturated carbocycles. The zero-order valence-electron chi connectivity index (χ0n) is 17.6. The molecule has 3 aromatic rings. The summed E-state index contributed by atoms with van der Waals surface area (Å²) in [7, 11) is -2.07. The van der Waals surface area contributed by atoms with Crippen LogP contribution < -0.4 is 15.2 Å². The molecule has 7 heteroatoms. The molecule has 0 unspecified atom stereocenters. The smallest absolute Gasteiger partial charge is 0.243 e. The minimum atomic E-state index is -3.64. The fourth-order valence-corrected chi connectivity index (χ4v) is 4.65. The van der Waals surface area contributed by atoms with Crippen molar-refractivity contribution >= 4 is 10.0 Å². The number of hydrogen-bond donors (Lipinski definition) is 1. The fraction of sp³-hybridized carbons (Fsp3) is 0.250. The topological polar surface area (TPSA) is 81.9 Å². The largest absolute Gasteiger partial charge is 0.493 e. The molecule has 0 heterocycles. The lowest BCUT2D eigenvalue weighted by atomic mass is 10.2. The Bertz CT molecular complexity index is 1060. The van der Waals surface area contributed by atoms with E-state index in [1.165, 1.54) is 4.31 Å². The van der Waals surface area contributed by atoms with E-state index in [0.29, 0.717) is 37.6 Å². The molecule has 0 aliphatic carbocycles. The van der Waals surface area contributed by atoms with Crippen molar-refractivity contribution in [1.82, 2.24) is 4.31 Å². The quantitative estimate of drug-likeness (QED) is 0.490. The Labute approximate surface area is 184 Å². The van der Waals surface area contributed by atoms with E-state index in [9.17, 15) is 8.42 Å². The third-order valence-electron chi connectivity index (χ3n) is 4.82. The van der Waals surface area contributed by atoms with Crippen molar-refractivity contribution in [1.29, 1.82) is 0 Å². The molecule has 0 aliphatic rings. The molecule has 6 nitrogen and oxygen atoms in total. The first-order valence-corrected chi connectivity index (χ1v) is 11.6. The molecule has 0 fully saturated rings. The zero-order valence-corrected chi connectivity index (χ0v) is 18.4. The second kappa shape index (κ2) is 10.9. The molecule has 31 heavy (non-hydrogen) atoms. The number of nitrogens with two attached hydrogens (primary N) is 1. The van der Waals surface area contributed by atoms with Crippen molar-refractivity contribution in [3.63, 3.8) is 0 Å². The van der Waals surface area contributed by atoms with Crippen molar-refractivity contribution in [3.05, 3.63) is 90.0 Å². The SMILES string of the molecule is COc1cc(CN(CCCN)S(=O)(=O)c2ccccc2)ccc1OCc1ccccc1. The van der Waals surface area contributed by atoms with Gasteiger partial charge in [0, 0.05) is 13.1 Å². The normalized spacial score (nSPS) is 11.5. The molecule has 0 aliphatic heterocycles. The molecule has 0 aromatic heterocycles. The number of methoxy groups -OCH3 is 1. The maximum atomic E-state index is 13.2. The molecular formula is C24H28N2O4S. The Hall–Kier alpha value is -2.87.